The van der Waals surface area contributed by atoms with Gasteiger partial charge in [-0.15, -0.1) is 0 Å². The average molecular weight is 213 g/mol. The van der Waals surface area contributed by atoms with Gasteiger partial charge in [-0.3, -0.25) is 0 Å². The number of nitrogens with one attached hydrogen (secondary N) is 1. The molecular weight excluding hydrogens is 186 g/mol. The first-order valence-corrected chi connectivity index (χ1v) is 6.53. The van der Waals surface area contributed by atoms with Crippen LogP contribution < -0.4 is 5.32 Å². The number of hydrogen-bond acceptors (Lipinski definition) is 2. The predicted octanol–water partition coefficient (Wildman–Crippen LogP) is 2.71. The van der Waals surface area contributed by atoms with Crippen molar-refractivity contribution in [3.05, 3.63) is 0 Å². The van der Waals surface area contributed by atoms with Crippen LogP contribution in [0, 0.1) is 5.92 Å². The van der Waals surface area contributed by atoms with Gasteiger partial charge in [-0.05, 0) is 25.2 Å². The zero-order valence-corrected chi connectivity index (χ0v) is 10.6. The normalized spacial score (nSPS) is 23.0. The molecule has 1 aliphatic rings. The third-order valence-electron chi connectivity index (χ3n) is 3.72. The van der Waals surface area contributed by atoms with Crippen LogP contribution in [0.4, 0.5) is 0 Å². The molecule has 0 bridgehead atoms. The van der Waals surface area contributed by atoms with Gasteiger partial charge in [0.2, 0.25) is 0 Å². The summed E-state index contributed by atoms with van der Waals surface area (Å²) in [6, 6.07) is 0.552. The molecule has 1 aliphatic carbocycles. The van der Waals surface area contributed by atoms with E-state index in [1.165, 1.54) is 19.3 Å². The Morgan fingerprint density at radius 1 is 1.20 bits per heavy atom. The van der Waals surface area contributed by atoms with E-state index in [1.807, 2.05) is 0 Å². The highest BCUT2D eigenvalue weighted by Gasteiger charge is 2.29. The smallest absolute Gasteiger partial charge is 0.0771 e. The van der Waals surface area contributed by atoms with E-state index in [0.717, 1.165) is 25.8 Å². The molecule has 0 aromatic rings. The summed E-state index contributed by atoms with van der Waals surface area (Å²) in [4.78, 5) is 0. The molecule has 0 saturated heterocycles. The van der Waals surface area contributed by atoms with Gasteiger partial charge in [-0.1, -0.05) is 40.0 Å². The van der Waals surface area contributed by atoms with E-state index in [4.69, 9.17) is 0 Å². The molecule has 0 aromatic carbocycles. The van der Waals surface area contributed by atoms with Gasteiger partial charge in [0.05, 0.1) is 5.60 Å². The van der Waals surface area contributed by atoms with Gasteiger partial charge < -0.3 is 10.4 Å². The molecule has 1 fully saturated rings. The molecule has 0 amide bonds. The Labute approximate surface area is 94.5 Å². The number of aliphatic hydroxyl groups is 1. The van der Waals surface area contributed by atoms with Gasteiger partial charge in [0.15, 0.2) is 0 Å². The molecule has 0 aromatic heterocycles. The minimum absolute atomic E-state index is 0.416. The van der Waals surface area contributed by atoms with Crippen molar-refractivity contribution >= 4 is 0 Å². The monoisotopic (exact) mass is 213 g/mol. The van der Waals surface area contributed by atoms with E-state index >= 15 is 0 Å². The summed E-state index contributed by atoms with van der Waals surface area (Å²) in [7, 11) is 0. The maximum Gasteiger partial charge on any atom is 0.0771 e. The maximum absolute atomic E-state index is 10.3. The fraction of sp³-hybridized carbons (Fsp3) is 1.00. The number of rotatable bonds is 5. The highest BCUT2D eigenvalue weighted by atomic mass is 16.3. The van der Waals surface area contributed by atoms with Crippen LogP contribution in [-0.2, 0) is 0 Å². The van der Waals surface area contributed by atoms with Crippen molar-refractivity contribution in [1.29, 1.82) is 0 Å². The Morgan fingerprint density at radius 2 is 1.80 bits per heavy atom. The van der Waals surface area contributed by atoms with Gasteiger partial charge in [-0.25, -0.2) is 0 Å². The first-order valence-electron chi connectivity index (χ1n) is 6.53. The SMILES string of the molecule is CC[C@H](NCC1(O)CCCCC1)C(C)C. The molecule has 1 atom stereocenters. The van der Waals surface area contributed by atoms with Crippen LogP contribution in [0.25, 0.3) is 0 Å². The summed E-state index contributed by atoms with van der Waals surface area (Å²) in [5.74, 6) is 0.655. The average Bonchev–Trinajstić information content (AvgIpc) is 2.19. The van der Waals surface area contributed by atoms with E-state index in [1.54, 1.807) is 0 Å². The van der Waals surface area contributed by atoms with Crippen molar-refractivity contribution in [3.8, 4) is 0 Å². The predicted molar refractivity (Wildman–Crippen MR) is 65.0 cm³/mol. The Balaban J connectivity index is 2.33. The van der Waals surface area contributed by atoms with Crippen LogP contribution >= 0.6 is 0 Å². The first-order chi connectivity index (χ1) is 7.07. The minimum atomic E-state index is -0.416. The second-order valence-corrected chi connectivity index (χ2v) is 5.42. The Bertz CT molecular complexity index is 173. The van der Waals surface area contributed by atoms with Crippen LogP contribution in [0.5, 0.6) is 0 Å². The second-order valence-electron chi connectivity index (χ2n) is 5.42. The third kappa shape index (κ3) is 4.12. The molecule has 0 spiro atoms. The summed E-state index contributed by atoms with van der Waals surface area (Å²) < 4.78 is 0. The van der Waals surface area contributed by atoms with Gasteiger partial charge in [0.25, 0.3) is 0 Å². The second kappa shape index (κ2) is 5.86. The van der Waals surface area contributed by atoms with E-state index in [-0.39, 0.29) is 0 Å². The van der Waals surface area contributed by atoms with Crippen LogP contribution in [0.3, 0.4) is 0 Å². The van der Waals surface area contributed by atoms with Crippen molar-refractivity contribution in [1.82, 2.24) is 5.32 Å². The van der Waals surface area contributed by atoms with Crippen molar-refractivity contribution in [2.24, 2.45) is 5.92 Å². The quantitative estimate of drug-likeness (QED) is 0.736. The molecule has 90 valence electrons. The van der Waals surface area contributed by atoms with Crippen molar-refractivity contribution in [2.45, 2.75) is 70.9 Å². The molecule has 2 nitrogen and oxygen atoms in total. The van der Waals surface area contributed by atoms with Crippen molar-refractivity contribution in [3.63, 3.8) is 0 Å². The topological polar surface area (TPSA) is 32.3 Å². The summed E-state index contributed by atoms with van der Waals surface area (Å²) >= 11 is 0. The lowest BCUT2D eigenvalue weighted by atomic mass is 9.84. The molecule has 0 unspecified atom stereocenters. The molecule has 1 rings (SSSR count). The molecule has 2 heteroatoms. The van der Waals surface area contributed by atoms with Crippen molar-refractivity contribution < 1.29 is 5.11 Å². The van der Waals surface area contributed by atoms with E-state index in [0.29, 0.717) is 12.0 Å². The van der Waals surface area contributed by atoms with Gasteiger partial charge in [0, 0.05) is 12.6 Å². The minimum Gasteiger partial charge on any atom is -0.389 e. The summed E-state index contributed by atoms with van der Waals surface area (Å²) in [6.45, 7) is 7.48. The van der Waals surface area contributed by atoms with E-state index < -0.39 is 5.60 Å². The fourth-order valence-electron chi connectivity index (χ4n) is 2.56. The lowest BCUT2D eigenvalue weighted by Gasteiger charge is -2.34. The van der Waals surface area contributed by atoms with Crippen LogP contribution in [0.15, 0.2) is 0 Å². The summed E-state index contributed by atoms with van der Waals surface area (Å²) in [6.07, 6.45) is 6.79. The first kappa shape index (κ1) is 13.0. The van der Waals surface area contributed by atoms with E-state index in [2.05, 4.69) is 26.1 Å². The van der Waals surface area contributed by atoms with Gasteiger partial charge in [-0.2, -0.15) is 0 Å². The van der Waals surface area contributed by atoms with Gasteiger partial charge >= 0.3 is 0 Å². The molecule has 15 heavy (non-hydrogen) atoms. The van der Waals surface area contributed by atoms with Crippen molar-refractivity contribution in [2.75, 3.05) is 6.54 Å². The highest BCUT2D eigenvalue weighted by Crippen LogP contribution is 2.27. The standard InChI is InChI=1S/C13H27NO/c1-4-12(11(2)3)14-10-13(15)8-6-5-7-9-13/h11-12,14-15H,4-10H2,1-3H3/t12-/m0/s1. The van der Waals surface area contributed by atoms with Crippen LogP contribution in [0.1, 0.15) is 59.3 Å². The Hall–Kier alpha value is -0.0800. The van der Waals surface area contributed by atoms with Crippen LogP contribution in [0.2, 0.25) is 0 Å². The molecule has 1 saturated carbocycles. The lowest BCUT2D eigenvalue weighted by molar-refractivity contribution is 0.00134. The number of hydrogen-bond donors (Lipinski definition) is 2. The highest BCUT2D eigenvalue weighted by molar-refractivity contribution is 4.86. The van der Waals surface area contributed by atoms with E-state index in [9.17, 15) is 5.11 Å². The molecule has 0 heterocycles. The summed E-state index contributed by atoms with van der Waals surface area (Å²) in [5.41, 5.74) is -0.416. The largest absolute Gasteiger partial charge is 0.389 e. The maximum atomic E-state index is 10.3. The fourth-order valence-corrected chi connectivity index (χ4v) is 2.56. The Morgan fingerprint density at radius 3 is 2.27 bits per heavy atom. The molecule has 2 N–H and O–H groups in total. The molecule has 0 radical (unpaired) electrons. The van der Waals surface area contributed by atoms with Gasteiger partial charge in [0.1, 0.15) is 0 Å². The third-order valence-corrected chi connectivity index (χ3v) is 3.72. The summed E-state index contributed by atoms with van der Waals surface area (Å²) in [5, 5.41) is 13.9. The zero-order chi connectivity index (χ0) is 11.3. The van der Waals surface area contributed by atoms with Crippen LogP contribution in [-0.4, -0.2) is 23.3 Å². The molecule has 0 aliphatic heterocycles. The molecular formula is C13H27NO. The lowest BCUT2D eigenvalue weighted by Crippen LogP contribution is -2.46. The zero-order valence-electron chi connectivity index (χ0n) is 10.6. The Kier molecular flexibility index (Phi) is 5.07.